The maximum absolute atomic E-state index is 12.0. The van der Waals surface area contributed by atoms with Crippen LogP contribution in [0.2, 0.25) is 0 Å². The molecule has 1 aliphatic rings. The van der Waals surface area contributed by atoms with Gasteiger partial charge in [-0.25, -0.2) is 9.59 Å². The van der Waals surface area contributed by atoms with E-state index in [9.17, 15) is 4.79 Å². The summed E-state index contributed by atoms with van der Waals surface area (Å²) < 4.78 is 5.31. The van der Waals surface area contributed by atoms with Gasteiger partial charge in [-0.1, -0.05) is 30.3 Å². The Balaban J connectivity index is 0.000000379. The van der Waals surface area contributed by atoms with Crippen molar-refractivity contribution in [3.8, 4) is 0 Å². The highest BCUT2D eigenvalue weighted by atomic mass is 16.5. The minimum atomic E-state index is -1.82. The van der Waals surface area contributed by atoms with Gasteiger partial charge in [-0.2, -0.15) is 0 Å². The molecule has 1 unspecified atom stereocenters. The molecule has 0 radical (unpaired) electrons. The summed E-state index contributed by atoms with van der Waals surface area (Å²) >= 11 is 0. The van der Waals surface area contributed by atoms with E-state index in [4.69, 9.17) is 24.5 Å². The third-order valence-corrected chi connectivity index (χ3v) is 3.22. The number of carbonyl (C=O) groups is 3. The molecule has 1 heterocycles. The molecule has 1 saturated heterocycles. The lowest BCUT2D eigenvalue weighted by atomic mass is 9.94. The standard InChI is InChI=1S/C14H19NO2.C2H2O4/c1-10(2)17-14(16)12-8-9-15-13(12)11-6-4-3-5-7-11;3-1(4)2(5)6/h3-7,10,12-13,15H,8-9H2,1-2H3;(H,3,4)(H,5,6)/t12-,13?;/m0./s1. The Morgan fingerprint density at radius 3 is 2.17 bits per heavy atom. The molecule has 23 heavy (non-hydrogen) atoms. The zero-order valence-electron chi connectivity index (χ0n) is 13.1. The van der Waals surface area contributed by atoms with Crippen molar-refractivity contribution in [1.82, 2.24) is 5.32 Å². The van der Waals surface area contributed by atoms with Crippen LogP contribution in [0, 0.1) is 5.92 Å². The van der Waals surface area contributed by atoms with Gasteiger partial charge in [-0.05, 0) is 32.4 Å². The fourth-order valence-electron chi connectivity index (χ4n) is 2.29. The zero-order chi connectivity index (χ0) is 17.4. The molecule has 0 bridgehead atoms. The summed E-state index contributed by atoms with van der Waals surface area (Å²) in [5, 5.41) is 18.2. The quantitative estimate of drug-likeness (QED) is 0.570. The maximum Gasteiger partial charge on any atom is 0.414 e. The molecule has 0 aliphatic carbocycles. The number of rotatable bonds is 3. The average molecular weight is 323 g/mol. The number of carboxylic acid groups (broad SMARTS) is 2. The van der Waals surface area contributed by atoms with E-state index in [1.807, 2.05) is 32.0 Å². The molecule has 7 nitrogen and oxygen atoms in total. The second-order valence-corrected chi connectivity index (χ2v) is 5.33. The summed E-state index contributed by atoms with van der Waals surface area (Å²) in [5.74, 6) is -3.79. The average Bonchev–Trinajstić information content (AvgIpc) is 2.97. The molecule has 3 N–H and O–H groups in total. The van der Waals surface area contributed by atoms with Crippen molar-refractivity contribution in [3.05, 3.63) is 35.9 Å². The lowest BCUT2D eigenvalue weighted by Gasteiger charge is -2.20. The van der Waals surface area contributed by atoms with Crippen LogP contribution in [0.15, 0.2) is 30.3 Å². The topological polar surface area (TPSA) is 113 Å². The van der Waals surface area contributed by atoms with E-state index in [0.717, 1.165) is 18.5 Å². The van der Waals surface area contributed by atoms with Gasteiger partial charge in [0.15, 0.2) is 0 Å². The first kappa shape index (κ1) is 18.6. The molecule has 1 fully saturated rings. The van der Waals surface area contributed by atoms with Crippen LogP contribution in [-0.4, -0.2) is 40.8 Å². The second-order valence-electron chi connectivity index (χ2n) is 5.33. The smallest absolute Gasteiger partial charge is 0.414 e. The number of ether oxygens (including phenoxy) is 1. The van der Waals surface area contributed by atoms with Crippen molar-refractivity contribution >= 4 is 17.9 Å². The predicted octanol–water partition coefficient (Wildman–Crippen LogP) is 1.44. The molecule has 7 heteroatoms. The number of nitrogens with one attached hydrogen (secondary N) is 1. The van der Waals surface area contributed by atoms with Gasteiger partial charge in [0, 0.05) is 6.04 Å². The van der Waals surface area contributed by atoms with E-state index in [1.165, 1.54) is 0 Å². The van der Waals surface area contributed by atoms with Gasteiger partial charge >= 0.3 is 17.9 Å². The highest BCUT2D eigenvalue weighted by Crippen LogP contribution is 2.30. The Kier molecular flexibility index (Phi) is 7.21. The first-order chi connectivity index (χ1) is 10.8. The van der Waals surface area contributed by atoms with Gasteiger partial charge in [0.2, 0.25) is 0 Å². The summed E-state index contributed by atoms with van der Waals surface area (Å²) in [4.78, 5) is 30.2. The summed E-state index contributed by atoms with van der Waals surface area (Å²) in [5.41, 5.74) is 1.16. The van der Waals surface area contributed by atoms with Crippen LogP contribution < -0.4 is 5.32 Å². The third kappa shape index (κ3) is 6.07. The van der Waals surface area contributed by atoms with Crippen molar-refractivity contribution in [1.29, 1.82) is 0 Å². The Labute approximate surface area is 134 Å². The molecular weight excluding hydrogens is 302 g/mol. The van der Waals surface area contributed by atoms with E-state index in [0.29, 0.717) is 0 Å². The second kappa shape index (κ2) is 8.89. The fraction of sp³-hybridized carbons (Fsp3) is 0.438. The van der Waals surface area contributed by atoms with Crippen LogP contribution in [-0.2, 0) is 19.1 Å². The van der Waals surface area contributed by atoms with Crippen LogP contribution >= 0.6 is 0 Å². The maximum atomic E-state index is 12.0. The number of benzene rings is 1. The first-order valence-electron chi connectivity index (χ1n) is 7.28. The number of carboxylic acids is 2. The molecule has 1 aromatic rings. The van der Waals surface area contributed by atoms with Crippen molar-refractivity contribution in [3.63, 3.8) is 0 Å². The number of carbonyl (C=O) groups excluding carboxylic acids is 1. The SMILES string of the molecule is CC(C)OC(=O)[C@H]1CCNC1c1ccccc1.O=C(O)C(=O)O. The summed E-state index contributed by atoms with van der Waals surface area (Å²) in [7, 11) is 0. The first-order valence-corrected chi connectivity index (χ1v) is 7.28. The van der Waals surface area contributed by atoms with Crippen molar-refractivity contribution < 1.29 is 29.3 Å². The van der Waals surface area contributed by atoms with E-state index >= 15 is 0 Å². The summed E-state index contributed by atoms with van der Waals surface area (Å²) in [6.45, 7) is 4.65. The lowest BCUT2D eigenvalue weighted by Crippen LogP contribution is -2.26. The molecule has 0 spiro atoms. The van der Waals surface area contributed by atoms with Crippen molar-refractivity contribution in [2.45, 2.75) is 32.4 Å². The van der Waals surface area contributed by atoms with Gasteiger partial charge in [-0.15, -0.1) is 0 Å². The van der Waals surface area contributed by atoms with E-state index < -0.39 is 11.9 Å². The molecular formula is C16H21NO6. The van der Waals surface area contributed by atoms with Crippen LogP contribution in [0.4, 0.5) is 0 Å². The van der Waals surface area contributed by atoms with Gasteiger partial charge in [-0.3, -0.25) is 4.79 Å². The number of esters is 1. The molecule has 2 rings (SSSR count). The Morgan fingerprint density at radius 1 is 1.13 bits per heavy atom. The van der Waals surface area contributed by atoms with E-state index in [1.54, 1.807) is 0 Å². The number of hydrogen-bond acceptors (Lipinski definition) is 5. The normalized spacial score (nSPS) is 19.6. The molecule has 0 saturated carbocycles. The van der Waals surface area contributed by atoms with Gasteiger partial charge in [0.25, 0.3) is 0 Å². The third-order valence-electron chi connectivity index (χ3n) is 3.22. The lowest BCUT2D eigenvalue weighted by molar-refractivity contribution is -0.159. The monoisotopic (exact) mass is 323 g/mol. The van der Waals surface area contributed by atoms with Gasteiger partial charge < -0.3 is 20.3 Å². The van der Waals surface area contributed by atoms with Crippen LogP contribution in [0.25, 0.3) is 0 Å². The van der Waals surface area contributed by atoms with Crippen molar-refractivity contribution in [2.24, 2.45) is 5.92 Å². The molecule has 2 atom stereocenters. The van der Waals surface area contributed by atoms with Crippen LogP contribution in [0.5, 0.6) is 0 Å². The molecule has 0 aromatic heterocycles. The minimum Gasteiger partial charge on any atom is -0.473 e. The minimum absolute atomic E-state index is 0.0421. The molecule has 1 aliphatic heterocycles. The Morgan fingerprint density at radius 2 is 1.70 bits per heavy atom. The fourth-order valence-corrected chi connectivity index (χ4v) is 2.29. The summed E-state index contributed by atoms with van der Waals surface area (Å²) in [6, 6.07) is 10.2. The predicted molar refractivity (Wildman–Crippen MR) is 81.8 cm³/mol. The number of aliphatic carboxylic acids is 2. The van der Waals surface area contributed by atoms with Crippen molar-refractivity contribution in [2.75, 3.05) is 6.54 Å². The van der Waals surface area contributed by atoms with Crippen LogP contribution in [0.1, 0.15) is 31.9 Å². The molecule has 0 amide bonds. The largest absolute Gasteiger partial charge is 0.473 e. The Hall–Kier alpha value is -2.41. The number of hydrogen-bond donors (Lipinski definition) is 3. The van der Waals surface area contributed by atoms with Crippen LogP contribution in [0.3, 0.4) is 0 Å². The highest BCUT2D eigenvalue weighted by molar-refractivity contribution is 6.27. The van der Waals surface area contributed by atoms with Gasteiger partial charge in [0.1, 0.15) is 0 Å². The summed E-state index contributed by atoms with van der Waals surface area (Å²) in [6.07, 6.45) is 0.810. The van der Waals surface area contributed by atoms with E-state index in [-0.39, 0.29) is 24.0 Å². The molecule has 126 valence electrons. The zero-order valence-corrected chi connectivity index (χ0v) is 13.1. The Bertz CT molecular complexity index is 531. The molecule has 1 aromatic carbocycles. The van der Waals surface area contributed by atoms with Gasteiger partial charge in [0.05, 0.1) is 12.0 Å². The highest BCUT2D eigenvalue weighted by Gasteiger charge is 2.35. The van der Waals surface area contributed by atoms with E-state index in [2.05, 4.69) is 17.4 Å².